The Morgan fingerprint density at radius 2 is 1.90 bits per heavy atom. The average Bonchev–Trinajstić information content (AvgIpc) is 3.15. The number of hydrazone groups is 1. The van der Waals surface area contributed by atoms with Gasteiger partial charge in [0, 0.05) is 11.3 Å². The molecule has 3 rings (SSSR count). The number of benzene rings is 2. The van der Waals surface area contributed by atoms with Gasteiger partial charge in [-0.15, -0.1) is 0 Å². The number of carbonyl (C=O) groups excluding carboxylic acids is 1. The lowest BCUT2D eigenvalue weighted by molar-refractivity contribution is -0.137. The number of nitrogens with one attached hydrogen (secondary N) is 2. The summed E-state index contributed by atoms with van der Waals surface area (Å²) < 4.78 is 44.0. The fourth-order valence-corrected chi connectivity index (χ4v) is 2.57. The van der Waals surface area contributed by atoms with Crippen LogP contribution >= 0.6 is 0 Å². The van der Waals surface area contributed by atoms with E-state index in [0.29, 0.717) is 11.3 Å². The third kappa shape index (κ3) is 5.71. The molecule has 2 aromatic carbocycles. The molecule has 3 aromatic rings. The van der Waals surface area contributed by atoms with E-state index in [4.69, 9.17) is 4.42 Å². The molecule has 2 N–H and O–H groups in total. The number of alkyl halides is 3. The van der Waals surface area contributed by atoms with Crippen LogP contribution in [0.25, 0.3) is 11.3 Å². The molecule has 29 heavy (non-hydrogen) atoms. The number of carbonyl (C=O) groups is 1. The molecule has 1 aromatic heterocycles. The first-order valence-electron chi connectivity index (χ1n) is 8.71. The lowest BCUT2D eigenvalue weighted by Gasteiger charge is -2.07. The Kier molecular flexibility index (Phi) is 6.01. The van der Waals surface area contributed by atoms with Crippen LogP contribution in [-0.4, -0.2) is 18.7 Å². The molecule has 8 heteroatoms. The molecule has 0 aliphatic carbocycles. The van der Waals surface area contributed by atoms with Crippen LogP contribution in [0.2, 0.25) is 0 Å². The van der Waals surface area contributed by atoms with Gasteiger partial charge in [0.25, 0.3) is 5.91 Å². The van der Waals surface area contributed by atoms with E-state index in [-0.39, 0.29) is 18.2 Å². The number of hydrogen-bond donors (Lipinski definition) is 2. The Hall–Kier alpha value is -3.55. The van der Waals surface area contributed by atoms with Crippen molar-refractivity contribution < 1.29 is 22.4 Å². The van der Waals surface area contributed by atoms with Crippen molar-refractivity contribution in [2.24, 2.45) is 5.10 Å². The first-order chi connectivity index (χ1) is 13.8. The molecule has 0 fully saturated rings. The summed E-state index contributed by atoms with van der Waals surface area (Å²) in [5, 5.41) is 6.77. The number of anilines is 1. The molecular formula is C21H18F3N3O2. The molecule has 0 bridgehead atoms. The second-order valence-corrected chi connectivity index (χ2v) is 6.30. The third-order valence-corrected chi connectivity index (χ3v) is 3.95. The normalized spacial score (nSPS) is 11.6. The summed E-state index contributed by atoms with van der Waals surface area (Å²) in [4.78, 5) is 11.8. The maximum atomic E-state index is 12.8. The van der Waals surface area contributed by atoms with Gasteiger partial charge in [0.2, 0.25) is 0 Å². The minimum Gasteiger partial charge on any atom is -0.455 e. The Bertz CT molecular complexity index is 1030. The van der Waals surface area contributed by atoms with Crippen LogP contribution in [-0.2, 0) is 11.0 Å². The van der Waals surface area contributed by atoms with Gasteiger partial charge in [-0.1, -0.05) is 24.3 Å². The van der Waals surface area contributed by atoms with E-state index < -0.39 is 11.7 Å². The van der Waals surface area contributed by atoms with E-state index in [1.807, 2.05) is 31.2 Å². The van der Waals surface area contributed by atoms with E-state index in [1.54, 1.807) is 6.07 Å². The monoisotopic (exact) mass is 401 g/mol. The van der Waals surface area contributed by atoms with Crippen molar-refractivity contribution in [2.45, 2.75) is 13.1 Å². The SMILES string of the molecule is Cc1cccc(NCC(=O)NN=Cc2ccc(-c3cccc(C(F)(F)F)c3)o2)c1. The van der Waals surface area contributed by atoms with E-state index in [1.165, 1.54) is 24.4 Å². The lowest BCUT2D eigenvalue weighted by Crippen LogP contribution is -2.25. The summed E-state index contributed by atoms with van der Waals surface area (Å²) in [5.74, 6) is 0.210. The van der Waals surface area contributed by atoms with Gasteiger partial charge < -0.3 is 9.73 Å². The summed E-state index contributed by atoms with van der Waals surface area (Å²) in [6, 6.07) is 15.5. The number of nitrogens with zero attached hydrogens (tertiary/aromatic N) is 1. The number of halogens is 3. The van der Waals surface area contributed by atoms with E-state index in [0.717, 1.165) is 23.4 Å². The molecule has 0 saturated carbocycles. The zero-order valence-electron chi connectivity index (χ0n) is 15.5. The van der Waals surface area contributed by atoms with Crippen molar-refractivity contribution in [3.63, 3.8) is 0 Å². The van der Waals surface area contributed by atoms with Gasteiger partial charge in [-0.3, -0.25) is 4.79 Å². The Labute approximate surface area is 165 Å². The zero-order valence-corrected chi connectivity index (χ0v) is 15.5. The van der Waals surface area contributed by atoms with Crippen LogP contribution < -0.4 is 10.7 Å². The minimum absolute atomic E-state index is 0.0361. The van der Waals surface area contributed by atoms with Crippen LogP contribution in [0.5, 0.6) is 0 Å². The number of amides is 1. The molecule has 0 atom stereocenters. The molecule has 1 amide bonds. The van der Waals surface area contributed by atoms with Crippen molar-refractivity contribution in [3.05, 3.63) is 77.6 Å². The quantitative estimate of drug-likeness (QED) is 0.459. The second kappa shape index (κ2) is 8.64. The molecule has 0 aliphatic rings. The number of rotatable bonds is 6. The number of hydrogen-bond acceptors (Lipinski definition) is 4. The first kappa shape index (κ1) is 20.2. The Balaban J connectivity index is 1.56. The molecule has 0 aliphatic heterocycles. The highest BCUT2D eigenvalue weighted by atomic mass is 19.4. The van der Waals surface area contributed by atoms with Gasteiger partial charge in [0.1, 0.15) is 11.5 Å². The van der Waals surface area contributed by atoms with Gasteiger partial charge in [-0.2, -0.15) is 18.3 Å². The fraction of sp³-hybridized carbons (Fsp3) is 0.143. The highest BCUT2D eigenvalue weighted by molar-refractivity contribution is 5.83. The average molecular weight is 401 g/mol. The van der Waals surface area contributed by atoms with Crippen molar-refractivity contribution in [2.75, 3.05) is 11.9 Å². The summed E-state index contributed by atoms with van der Waals surface area (Å²) >= 11 is 0. The molecule has 0 saturated heterocycles. The standard InChI is InChI=1S/C21H18F3N3O2/c1-14-4-2-7-17(10-14)25-13-20(28)27-26-12-18-8-9-19(29-18)15-5-3-6-16(11-15)21(22,23)24/h2-12,25H,13H2,1H3,(H,27,28). The van der Waals surface area contributed by atoms with Crippen LogP contribution in [0, 0.1) is 6.92 Å². The van der Waals surface area contributed by atoms with Gasteiger partial charge in [-0.25, -0.2) is 5.43 Å². The predicted octanol–water partition coefficient (Wildman–Crippen LogP) is 4.84. The van der Waals surface area contributed by atoms with Gasteiger partial charge in [0.15, 0.2) is 0 Å². The fourth-order valence-electron chi connectivity index (χ4n) is 2.57. The van der Waals surface area contributed by atoms with E-state index in [9.17, 15) is 18.0 Å². The van der Waals surface area contributed by atoms with Crippen LogP contribution in [0.15, 0.2) is 70.2 Å². The summed E-state index contributed by atoms with van der Waals surface area (Å²) in [7, 11) is 0. The maximum absolute atomic E-state index is 12.8. The van der Waals surface area contributed by atoms with Crippen LogP contribution in [0.3, 0.4) is 0 Å². The van der Waals surface area contributed by atoms with Gasteiger partial charge in [-0.05, 0) is 48.9 Å². The highest BCUT2D eigenvalue weighted by Gasteiger charge is 2.30. The highest BCUT2D eigenvalue weighted by Crippen LogP contribution is 2.32. The summed E-state index contributed by atoms with van der Waals surface area (Å²) in [6.07, 6.45) is -3.15. The summed E-state index contributed by atoms with van der Waals surface area (Å²) in [5.41, 5.74) is 3.79. The van der Waals surface area contributed by atoms with Crippen molar-refractivity contribution in [1.82, 2.24) is 5.43 Å². The van der Waals surface area contributed by atoms with Gasteiger partial charge >= 0.3 is 6.18 Å². The largest absolute Gasteiger partial charge is 0.455 e. The number of furan rings is 1. The molecule has 5 nitrogen and oxygen atoms in total. The zero-order chi connectivity index (χ0) is 20.9. The molecule has 0 spiro atoms. The lowest BCUT2D eigenvalue weighted by atomic mass is 10.1. The van der Waals surface area contributed by atoms with Gasteiger partial charge in [0.05, 0.1) is 18.3 Å². The molecule has 1 heterocycles. The van der Waals surface area contributed by atoms with Crippen LogP contribution in [0.1, 0.15) is 16.9 Å². The van der Waals surface area contributed by atoms with Crippen molar-refractivity contribution >= 4 is 17.8 Å². The van der Waals surface area contributed by atoms with Crippen molar-refractivity contribution in [1.29, 1.82) is 0 Å². The smallest absolute Gasteiger partial charge is 0.416 e. The third-order valence-electron chi connectivity index (χ3n) is 3.95. The predicted molar refractivity (Wildman–Crippen MR) is 105 cm³/mol. The molecule has 0 unspecified atom stereocenters. The van der Waals surface area contributed by atoms with Crippen molar-refractivity contribution in [3.8, 4) is 11.3 Å². The second-order valence-electron chi connectivity index (χ2n) is 6.30. The Morgan fingerprint density at radius 3 is 2.66 bits per heavy atom. The maximum Gasteiger partial charge on any atom is 0.416 e. The van der Waals surface area contributed by atoms with E-state index >= 15 is 0 Å². The number of aryl methyl sites for hydroxylation is 1. The minimum atomic E-state index is -4.43. The topological polar surface area (TPSA) is 66.6 Å². The van der Waals surface area contributed by atoms with Crippen LogP contribution in [0.4, 0.5) is 18.9 Å². The molecule has 150 valence electrons. The molecular weight excluding hydrogens is 383 g/mol. The van der Waals surface area contributed by atoms with E-state index in [2.05, 4.69) is 15.8 Å². The Morgan fingerprint density at radius 1 is 1.10 bits per heavy atom. The molecule has 0 radical (unpaired) electrons. The summed E-state index contributed by atoms with van der Waals surface area (Å²) in [6.45, 7) is 1.99. The first-order valence-corrected chi connectivity index (χ1v) is 8.71.